The number of carbonyl (C=O) groups excluding carboxylic acids is 1. The van der Waals surface area contributed by atoms with Gasteiger partial charge in [0.1, 0.15) is 5.76 Å². The molecule has 2 aromatic rings. The van der Waals surface area contributed by atoms with Crippen LogP contribution in [-0.2, 0) is 9.63 Å². The van der Waals surface area contributed by atoms with Crippen molar-refractivity contribution in [2.75, 3.05) is 26.6 Å². The first-order chi connectivity index (χ1) is 12.5. The highest BCUT2D eigenvalue weighted by Crippen LogP contribution is 2.39. The van der Waals surface area contributed by atoms with Crippen LogP contribution in [0.4, 0.5) is 5.82 Å². The molecule has 9 heteroatoms. The molecule has 1 aliphatic rings. The summed E-state index contributed by atoms with van der Waals surface area (Å²) in [7, 11) is 4.59. The largest absolute Gasteiger partial charge is 0.493 e. The third-order valence-electron chi connectivity index (χ3n) is 3.84. The van der Waals surface area contributed by atoms with E-state index in [1.165, 1.54) is 21.3 Å². The van der Waals surface area contributed by atoms with E-state index < -0.39 is 6.10 Å². The van der Waals surface area contributed by atoms with Gasteiger partial charge >= 0.3 is 0 Å². The molecule has 1 atom stereocenters. The lowest BCUT2D eigenvalue weighted by Crippen LogP contribution is -2.28. The molecular formula is C17H19N3O6. The molecule has 0 saturated carbocycles. The van der Waals surface area contributed by atoms with Gasteiger partial charge in [0.2, 0.25) is 11.9 Å². The molecule has 0 spiro atoms. The zero-order valence-corrected chi connectivity index (χ0v) is 14.9. The maximum atomic E-state index is 12.3. The number of aryl methyl sites for hydroxylation is 1. The first-order valence-electron chi connectivity index (χ1n) is 7.83. The molecule has 138 valence electrons. The second-order valence-electron chi connectivity index (χ2n) is 5.56. The predicted octanol–water partition coefficient (Wildman–Crippen LogP) is 2.14. The molecule has 3 rings (SSSR count). The molecular weight excluding hydrogens is 342 g/mol. The van der Waals surface area contributed by atoms with Crippen molar-refractivity contribution in [3.63, 3.8) is 0 Å². The quantitative estimate of drug-likeness (QED) is 0.840. The summed E-state index contributed by atoms with van der Waals surface area (Å²) in [5.41, 5.74) is 1.31. The number of rotatable bonds is 6. The molecule has 9 nitrogen and oxygen atoms in total. The second-order valence-corrected chi connectivity index (χ2v) is 5.56. The summed E-state index contributed by atoms with van der Waals surface area (Å²) < 4.78 is 20.9. The fourth-order valence-electron chi connectivity index (χ4n) is 2.57. The van der Waals surface area contributed by atoms with Gasteiger partial charge in [-0.2, -0.15) is 0 Å². The maximum Gasteiger partial charge on any atom is 0.269 e. The van der Waals surface area contributed by atoms with E-state index in [9.17, 15) is 4.79 Å². The Kier molecular flexibility index (Phi) is 4.97. The van der Waals surface area contributed by atoms with E-state index in [1.54, 1.807) is 25.1 Å². The highest BCUT2D eigenvalue weighted by Gasteiger charge is 2.30. The van der Waals surface area contributed by atoms with Gasteiger partial charge in [-0.25, -0.2) is 0 Å². The van der Waals surface area contributed by atoms with Crippen LogP contribution in [-0.4, -0.2) is 44.2 Å². The van der Waals surface area contributed by atoms with Crippen molar-refractivity contribution in [1.29, 1.82) is 0 Å². The second kappa shape index (κ2) is 7.34. The molecule has 1 amide bonds. The van der Waals surface area contributed by atoms with Gasteiger partial charge in [0.15, 0.2) is 17.3 Å². The van der Waals surface area contributed by atoms with E-state index in [-0.39, 0.29) is 5.91 Å². The van der Waals surface area contributed by atoms with Crippen molar-refractivity contribution in [3.8, 4) is 17.2 Å². The van der Waals surface area contributed by atoms with Gasteiger partial charge in [-0.3, -0.25) is 4.79 Å². The smallest absolute Gasteiger partial charge is 0.269 e. The number of nitrogens with one attached hydrogen (secondary N) is 1. The van der Waals surface area contributed by atoms with Crippen LogP contribution < -0.4 is 19.5 Å². The van der Waals surface area contributed by atoms with Crippen LogP contribution in [0.3, 0.4) is 0 Å². The van der Waals surface area contributed by atoms with Gasteiger partial charge < -0.3 is 28.9 Å². The van der Waals surface area contributed by atoms with E-state index >= 15 is 0 Å². The van der Waals surface area contributed by atoms with Crippen molar-refractivity contribution < 1.29 is 28.4 Å². The first kappa shape index (κ1) is 17.6. The maximum absolute atomic E-state index is 12.3. The summed E-state index contributed by atoms with van der Waals surface area (Å²) in [5.74, 6) is 2.05. The fourth-order valence-corrected chi connectivity index (χ4v) is 2.57. The molecule has 0 unspecified atom stereocenters. The summed E-state index contributed by atoms with van der Waals surface area (Å²) in [4.78, 5) is 17.6. The van der Waals surface area contributed by atoms with Crippen molar-refractivity contribution in [1.82, 2.24) is 5.16 Å². The van der Waals surface area contributed by atoms with Crippen LogP contribution in [0.2, 0.25) is 0 Å². The van der Waals surface area contributed by atoms with E-state index in [4.69, 9.17) is 23.6 Å². The van der Waals surface area contributed by atoms with E-state index in [0.29, 0.717) is 46.5 Å². The normalized spacial score (nSPS) is 15.8. The topological polar surface area (TPSA) is 104 Å². The van der Waals surface area contributed by atoms with E-state index in [2.05, 4.69) is 15.6 Å². The van der Waals surface area contributed by atoms with Crippen LogP contribution in [0, 0.1) is 6.92 Å². The molecule has 1 N–H and O–H groups in total. The highest BCUT2D eigenvalue weighted by atomic mass is 16.6. The van der Waals surface area contributed by atoms with Gasteiger partial charge in [0.05, 0.1) is 27.0 Å². The fraction of sp³-hybridized carbons (Fsp3) is 0.353. The van der Waals surface area contributed by atoms with Gasteiger partial charge in [-0.15, -0.1) is 0 Å². The van der Waals surface area contributed by atoms with Crippen LogP contribution in [0.5, 0.6) is 17.2 Å². The molecule has 26 heavy (non-hydrogen) atoms. The average molecular weight is 361 g/mol. The Labute approximate surface area is 149 Å². The molecule has 0 saturated heterocycles. The number of aromatic nitrogens is 1. The van der Waals surface area contributed by atoms with Gasteiger partial charge in [0.25, 0.3) is 5.91 Å². The number of ether oxygens (including phenoxy) is 3. The Morgan fingerprint density at radius 1 is 1.15 bits per heavy atom. The highest BCUT2D eigenvalue weighted by molar-refractivity contribution is 6.06. The summed E-state index contributed by atoms with van der Waals surface area (Å²) in [5, 5.41) is 10.4. The summed E-state index contributed by atoms with van der Waals surface area (Å²) in [6.07, 6.45) is -0.470. The molecule has 0 fully saturated rings. The minimum Gasteiger partial charge on any atom is -0.493 e. The number of benzene rings is 1. The third-order valence-corrected chi connectivity index (χ3v) is 3.84. The molecule has 1 aromatic heterocycles. The molecule has 0 radical (unpaired) electrons. The number of amides is 1. The van der Waals surface area contributed by atoms with Crippen molar-refractivity contribution in [2.45, 2.75) is 19.4 Å². The lowest BCUT2D eigenvalue weighted by Gasteiger charge is -2.13. The molecule has 0 bridgehead atoms. The number of oxime groups is 1. The van der Waals surface area contributed by atoms with Gasteiger partial charge in [-0.05, 0) is 19.1 Å². The van der Waals surface area contributed by atoms with Gasteiger partial charge in [0, 0.05) is 18.1 Å². The number of methoxy groups -OCH3 is 3. The first-order valence-corrected chi connectivity index (χ1v) is 7.83. The summed E-state index contributed by atoms with van der Waals surface area (Å²) in [6.45, 7) is 1.74. The molecule has 1 aliphatic heterocycles. The predicted molar refractivity (Wildman–Crippen MR) is 92.0 cm³/mol. The Morgan fingerprint density at radius 3 is 2.38 bits per heavy atom. The third kappa shape index (κ3) is 3.41. The lowest BCUT2D eigenvalue weighted by molar-refractivity contribution is -0.125. The number of hydrogen-bond acceptors (Lipinski definition) is 8. The SMILES string of the molecule is COc1cc(C2=NO[C@H](C(=O)Nc3cc(C)on3)C2)cc(OC)c1OC. The average Bonchev–Trinajstić information content (AvgIpc) is 3.29. The lowest BCUT2D eigenvalue weighted by atomic mass is 10.0. The Bertz CT molecular complexity index is 820. The number of carbonyl (C=O) groups is 1. The number of hydrogen-bond donors (Lipinski definition) is 1. The van der Waals surface area contributed by atoms with Crippen molar-refractivity contribution in [2.24, 2.45) is 5.16 Å². The minimum absolute atomic E-state index is 0.293. The standard InChI is InChI=1S/C17H19N3O6/c1-9-5-15(20-25-9)18-17(21)14-8-11(19-26-14)10-6-12(22-2)16(24-4)13(7-10)23-3/h5-7,14H,8H2,1-4H3,(H,18,20,21)/t14-/m0/s1. The summed E-state index contributed by atoms with van der Waals surface area (Å²) >= 11 is 0. The molecule has 2 heterocycles. The number of nitrogens with zero attached hydrogens (tertiary/aromatic N) is 2. The van der Waals surface area contributed by atoms with Gasteiger partial charge in [-0.1, -0.05) is 10.3 Å². The van der Waals surface area contributed by atoms with E-state index in [0.717, 1.165) is 0 Å². The Balaban J connectivity index is 1.74. The van der Waals surface area contributed by atoms with Crippen molar-refractivity contribution in [3.05, 3.63) is 29.5 Å². The minimum atomic E-state index is -0.763. The zero-order valence-electron chi connectivity index (χ0n) is 14.9. The Hall–Kier alpha value is -3.23. The number of anilines is 1. The van der Waals surface area contributed by atoms with E-state index in [1.807, 2.05) is 0 Å². The van der Waals surface area contributed by atoms with Crippen molar-refractivity contribution >= 4 is 17.4 Å². The molecule has 1 aromatic carbocycles. The Morgan fingerprint density at radius 2 is 1.85 bits per heavy atom. The summed E-state index contributed by atoms with van der Waals surface area (Å²) in [6, 6.07) is 5.13. The molecule has 0 aliphatic carbocycles. The van der Waals surface area contributed by atoms with Crippen LogP contribution in [0.15, 0.2) is 27.9 Å². The van der Waals surface area contributed by atoms with Crippen LogP contribution >= 0.6 is 0 Å². The van der Waals surface area contributed by atoms with Crippen LogP contribution in [0.1, 0.15) is 17.7 Å². The van der Waals surface area contributed by atoms with Crippen LogP contribution in [0.25, 0.3) is 0 Å². The zero-order chi connectivity index (χ0) is 18.7. The monoisotopic (exact) mass is 361 g/mol.